The van der Waals surface area contributed by atoms with Crippen LogP contribution in [0.1, 0.15) is 51.0 Å². The highest BCUT2D eigenvalue weighted by atomic mass is 16.6. The molecule has 4 aliphatic carbocycles. The zero-order chi connectivity index (χ0) is 20.2. The molecular formula is C23H28N2O4. The third kappa shape index (κ3) is 3.28. The molecule has 0 radical (unpaired) electrons. The van der Waals surface area contributed by atoms with Gasteiger partial charge in [0, 0.05) is 23.5 Å². The van der Waals surface area contributed by atoms with Crippen LogP contribution in [-0.2, 0) is 16.0 Å². The highest BCUT2D eigenvalue weighted by Gasteiger charge is 2.53. The molecule has 1 aromatic carbocycles. The average Bonchev–Trinajstić information content (AvgIpc) is 3.02. The van der Waals surface area contributed by atoms with Gasteiger partial charge in [0.2, 0.25) is 0 Å². The lowest BCUT2D eigenvalue weighted by Gasteiger charge is -2.55. The summed E-state index contributed by atoms with van der Waals surface area (Å²) in [5, 5.41) is 13.6. The van der Waals surface area contributed by atoms with E-state index in [1.54, 1.807) is 6.92 Å². The molecule has 4 bridgehead atoms. The minimum absolute atomic E-state index is 0.183. The number of carboxylic acid groups (broad SMARTS) is 1. The summed E-state index contributed by atoms with van der Waals surface area (Å²) in [5.74, 6) is 0.911. The first kappa shape index (κ1) is 18.5. The van der Waals surface area contributed by atoms with Crippen LogP contribution < -0.4 is 5.32 Å². The third-order valence-electron chi connectivity index (χ3n) is 7.36. The zero-order valence-corrected chi connectivity index (χ0v) is 16.7. The summed E-state index contributed by atoms with van der Waals surface area (Å²) < 4.78 is 5.98. The number of aromatic nitrogens is 1. The van der Waals surface area contributed by atoms with Crippen LogP contribution in [0.5, 0.6) is 0 Å². The van der Waals surface area contributed by atoms with Crippen molar-refractivity contribution in [2.24, 2.45) is 17.8 Å². The van der Waals surface area contributed by atoms with Crippen molar-refractivity contribution < 1.29 is 19.4 Å². The summed E-state index contributed by atoms with van der Waals surface area (Å²) >= 11 is 0. The van der Waals surface area contributed by atoms with E-state index in [9.17, 15) is 14.7 Å². The first-order valence-corrected chi connectivity index (χ1v) is 10.6. The third-order valence-corrected chi connectivity index (χ3v) is 7.36. The number of fused-ring (bicyclic) bond motifs is 1. The molecule has 4 fully saturated rings. The number of carboxylic acids is 1. The van der Waals surface area contributed by atoms with Crippen LogP contribution in [0.25, 0.3) is 10.9 Å². The number of aliphatic carboxylic acids is 1. The minimum atomic E-state index is -1.44. The molecule has 0 saturated heterocycles. The Morgan fingerprint density at radius 2 is 1.79 bits per heavy atom. The number of para-hydroxylation sites is 1. The molecule has 1 heterocycles. The van der Waals surface area contributed by atoms with Crippen molar-refractivity contribution in [3.8, 4) is 0 Å². The van der Waals surface area contributed by atoms with Crippen molar-refractivity contribution in [1.82, 2.24) is 10.3 Å². The number of rotatable bonds is 5. The van der Waals surface area contributed by atoms with Crippen molar-refractivity contribution >= 4 is 23.0 Å². The van der Waals surface area contributed by atoms with E-state index in [4.69, 9.17) is 4.74 Å². The number of carbonyl (C=O) groups is 2. The first-order valence-electron chi connectivity index (χ1n) is 10.6. The predicted molar refractivity (Wildman–Crippen MR) is 109 cm³/mol. The lowest BCUT2D eigenvalue weighted by atomic mass is 9.54. The van der Waals surface area contributed by atoms with E-state index in [0.29, 0.717) is 17.8 Å². The Balaban J connectivity index is 1.32. The second kappa shape index (κ2) is 6.51. The maximum atomic E-state index is 12.8. The summed E-state index contributed by atoms with van der Waals surface area (Å²) in [7, 11) is 0. The molecule has 2 aromatic rings. The van der Waals surface area contributed by atoms with Crippen LogP contribution >= 0.6 is 0 Å². The second-order valence-electron chi connectivity index (χ2n) is 9.79. The molecule has 0 aliphatic heterocycles. The molecule has 4 saturated carbocycles. The molecule has 1 amide bonds. The minimum Gasteiger partial charge on any atom is -0.480 e. The molecule has 4 aliphatic rings. The lowest BCUT2D eigenvalue weighted by Crippen LogP contribution is -2.58. The molecule has 0 unspecified atom stereocenters. The Labute approximate surface area is 170 Å². The number of H-pyrrole nitrogens is 1. The van der Waals surface area contributed by atoms with Gasteiger partial charge in [0.25, 0.3) is 0 Å². The number of hydrogen-bond donors (Lipinski definition) is 3. The number of nitrogens with one attached hydrogen (secondary N) is 2. The molecular weight excluding hydrogens is 368 g/mol. The van der Waals surface area contributed by atoms with Crippen molar-refractivity contribution in [3.63, 3.8) is 0 Å². The van der Waals surface area contributed by atoms with Gasteiger partial charge in [0.05, 0.1) is 0 Å². The van der Waals surface area contributed by atoms with E-state index in [1.807, 2.05) is 30.5 Å². The summed E-state index contributed by atoms with van der Waals surface area (Å²) in [6.45, 7) is 1.55. The fourth-order valence-electron chi connectivity index (χ4n) is 6.44. The standard InChI is InChI=1S/C23H28N2O4/c1-22(20(26)27,12-17-13-24-19-5-3-2-4-18(17)19)25-21(28)29-23-9-14-6-15(10-23)8-16(7-14)11-23/h2-5,13-16,24H,6-12H2,1H3,(H,25,28)(H,26,27)/t14?,15?,16?,22-,23?/m1/s1. The van der Waals surface area contributed by atoms with Crippen LogP contribution in [0.15, 0.2) is 30.5 Å². The molecule has 29 heavy (non-hydrogen) atoms. The van der Waals surface area contributed by atoms with Gasteiger partial charge in [-0.3, -0.25) is 0 Å². The van der Waals surface area contributed by atoms with Crippen LogP contribution in [0.2, 0.25) is 0 Å². The van der Waals surface area contributed by atoms with Gasteiger partial charge in [-0.1, -0.05) is 18.2 Å². The molecule has 6 rings (SSSR count). The van der Waals surface area contributed by atoms with Crippen LogP contribution in [0.4, 0.5) is 4.79 Å². The van der Waals surface area contributed by atoms with Crippen LogP contribution in [0, 0.1) is 17.8 Å². The largest absolute Gasteiger partial charge is 0.480 e. The molecule has 6 nitrogen and oxygen atoms in total. The maximum Gasteiger partial charge on any atom is 0.408 e. The predicted octanol–water partition coefficient (Wildman–Crippen LogP) is 4.25. The van der Waals surface area contributed by atoms with Crippen molar-refractivity contribution in [1.29, 1.82) is 0 Å². The molecule has 0 spiro atoms. The zero-order valence-electron chi connectivity index (χ0n) is 16.7. The van der Waals surface area contributed by atoms with Gasteiger partial charge < -0.3 is 20.1 Å². The van der Waals surface area contributed by atoms with Crippen LogP contribution in [0.3, 0.4) is 0 Å². The fraction of sp³-hybridized carbons (Fsp3) is 0.565. The number of carbonyl (C=O) groups excluding carboxylic acids is 1. The molecule has 1 aromatic heterocycles. The summed E-state index contributed by atoms with van der Waals surface area (Å²) in [5.41, 5.74) is -0.0180. The molecule has 154 valence electrons. The van der Waals surface area contributed by atoms with E-state index >= 15 is 0 Å². The highest BCUT2D eigenvalue weighted by molar-refractivity contribution is 5.87. The SMILES string of the molecule is C[C@](Cc1c[nH]c2ccccc12)(NC(=O)OC12CC3CC(CC(C3)C1)C2)C(=O)O. The Morgan fingerprint density at radius 1 is 1.17 bits per heavy atom. The number of alkyl carbamates (subject to hydrolysis) is 1. The lowest BCUT2D eigenvalue weighted by molar-refractivity contribution is -0.146. The number of hydrogen-bond acceptors (Lipinski definition) is 3. The summed E-state index contributed by atoms with van der Waals surface area (Å²) in [6, 6.07) is 7.76. The van der Waals surface area contributed by atoms with Gasteiger partial charge in [-0.05, 0) is 74.8 Å². The normalized spacial score (nSPS) is 32.1. The van der Waals surface area contributed by atoms with Gasteiger partial charge in [0.15, 0.2) is 0 Å². The maximum absolute atomic E-state index is 12.8. The van der Waals surface area contributed by atoms with Gasteiger partial charge in [-0.2, -0.15) is 0 Å². The summed E-state index contributed by atoms with van der Waals surface area (Å²) in [4.78, 5) is 28.1. The van der Waals surface area contributed by atoms with E-state index in [1.165, 1.54) is 19.3 Å². The number of benzene rings is 1. The Bertz CT molecular complexity index is 929. The van der Waals surface area contributed by atoms with Crippen molar-refractivity contribution in [2.45, 2.75) is 63.0 Å². The van der Waals surface area contributed by atoms with Gasteiger partial charge in [-0.15, -0.1) is 0 Å². The molecule has 3 N–H and O–H groups in total. The number of aromatic amines is 1. The average molecular weight is 396 g/mol. The van der Waals surface area contributed by atoms with Gasteiger partial charge in [-0.25, -0.2) is 9.59 Å². The van der Waals surface area contributed by atoms with E-state index in [-0.39, 0.29) is 12.0 Å². The Morgan fingerprint density at radius 3 is 2.41 bits per heavy atom. The first-order chi connectivity index (χ1) is 13.8. The quantitative estimate of drug-likeness (QED) is 0.705. The fourth-order valence-corrected chi connectivity index (χ4v) is 6.44. The van der Waals surface area contributed by atoms with Gasteiger partial charge in [0.1, 0.15) is 11.1 Å². The smallest absolute Gasteiger partial charge is 0.408 e. The number of ether oxygens (including phenoxy) is 1. The number of amides is 1. The van der Waals surface area contributed by atoms with E-state index in [2.05, 4.69) is 10.3 Å². The Kier molecular flexibility index (Phi) is 4.16. The summed E-state index contributed by atoms with van der Waals surface area (Å²) in [6.07, 6.45) is 7.97. The van der Waals surface area contributed by atoms with E-state index < -0.39 is 17.6 Å². The van der Waals surface area contributed by atoms with Crippen molar-refractivity contribution in [2.75, 3.05) is 0 Å². The van der Waals surface area contributed by atoms with E-state index in [0.717, 1.165) is 35.7 Å². The van der Waals surface area contributed by atoms with Crippen LogP contribution in [-0.4, -0.2) is 33.3 Å². The van der Waals surface area contributed by atoms with Gasteiger partial charge >= 0.3 is 12.1 Å². The van der Waals surface area contributed by atoms with Crippen molar-refractivity contribution in [3.05, 3.63) is 36.0 Å². The monoisotopic (exact) mass is 396 g/mol. The highest BCUT2D eigenvalue weighted by Crippen LogP contribution is 2.57. The molecule has 6 heteroatoms. The second-order valence-corrected chi connectivity index (χ2v) is 9.79. The molecule has 1 atom stereocenters. The topological polar surface area (TPSA) is 91.4 Å². The Hall–Kier alpha value is -2.50.